The van der Waals surface area contributed by atoms with Gasteiger partial charge in [0.15, 0.2) is 0 Å². The number of aliphatic hydroxyl groups is 1. The van der Waals surface area contributed by atoms with Crippen LogP contribution in [0, 0.1) is 0 Å². The third-order valence-corrected chi connectivity index (χ3v) is 5.48. The molecule has 2 nitrogen and oxygen atoms in total. The average Bonchev–Trinajstić information content (AvgIpc) is 2.54. The highest BCUT2D eigenvalue weighted by Crippen LogP contribution is 2.24. The second-order valence-corrected chi connectivity index (χ2v) is 7.99. The molecule has 0 saturated heterocycles. The minimum absolute atomic E-state index is 0.217. The summed E-state index contributed by atoms with van der Waals surface area (Å²) in [4.78, 5) is 0. The third-order valence-electron chi connectivity index (χ3n) is 4.74. The summed E-state index contributed by atoms with van der Waals surface area (Å²) in [6, 6.07) is 5.85. The zero-order valence-corrected chi connectivity index (χ0v) is 16.9. The maximum absolute atomic E-state index is 9.44. The zero-order valence-electron chi connectivity index (χ0n) is 15.4. The highest BCUT2D eigenvalue weighted by atomic mass is 35.5. The molecular weight excluding hydrogens is 341 g/mol. The van der Waals surface area contributed by atoms with Crippen molar-refractivity contribution < 1.29 is 9.59 Å². The summed E-state index contributed by atoms with van der Waals surface area (Å²) >= 11 is 12.1. The van der Waals surface area contributed by atoms with E-state index in [2.05, 4.69) is 14.0 Å². The van der Waals surface area contributed by atoms with Gasteiger partial charge in [0.2, 0.25) is 0 Å². The number of unbranched alkanes of at least 4 members (excludes halogenated alkanes) is 7. The number of aliphatic hydroxyl groups excluding tert-OH is 1. The van der Waals surface area contributed by atoms with Crippen molar-refractivity contribution in [1.29, 1.82) is 0 Å². The molecule has 0 spiro atoms. The van der Waals surface area contributed by atoms with Crippen molar-refractivity contribution in [3.05, 3.63) is 33.8 Å². The molecule has 0 saturated carbocycles. The Bertz CT molecular complexity index is 467. The second kappa shape index (κ2) is 12.1. The monoisotopic (exact) mass is 374 g/mol. The highest BCUT2D eigenvalue weighted by Gasteiger charge is 2.21. The summed E-state index contributed by atoms with van der Waals surface area (Å²) in [7, 11) is 2.22. The van der Waals surface area contributed by atoms with Gasteiger partial charge in [-0.05, 0) is 25.0 Å². The van der Waals surface area contributed by atoms with E-state index >= 15 is 0 Å². The van der Waals surface area contributed by atoms with E-state index in [4.69, 9.17) is 23.2 Å². The Balaban J connectivity index is 2.39. The van der Waals surface area contributed by atoms with Crippen molar-refractivity contribution in [3.8, 4) is 0 Å². The maximum atomic E-state index is 9.44. The second-order valence-electron chi connectivity index (χ2n) is 7.17. The number of quaternary nitrogens is 1. The number of benzene rings is 1. The first kappa shape index (κ1) is 21.8. The normalized spacial score (nSPS) is 13.9. The average molecular weight is 375 g/mol. The van der Waals surface area contributed by atoms with Crippen molar-refractivity contribution in [1.82, 2.24) is 0 Å². The van der Waals surface area contributed by atoms with E-state index in [1.165, 1.54) is 56.9 Å². The van der Waals surface area contributed by atoms with Crippen LogP contribution in [0.15, 0.2) is 18.2 Å². The number of hydrogen-bond acceptors (Lipinski definition) is 1. The summed E-state index contributed by atoms with van der Waals surface area (Å²) in [6.07, 6.45) is 10.6. The van der Waals surface area contributed by atoms with Gasteiger partial charge in [-0.3, -0.25) is 0 Å². The molecule has 1 unspecified atom stereocenters. The molecule has 0 radical (unpaired) electrons. The third kappa shape index (κ3) is 8.71. The lowest BCUT2D eigenvalue weighted by atomic mass is 10.1. The molecule has 0 fully saturated rings. The topological polar surface area (TPSA) is 20.2 Å². The van der Waals surface area contributed by atoms with Crippen LogP contribution in [0.3, 0.4) is 0 Å². The Kier molecular flexibility index (Phi) is 11.0. The molecule has 0 heterocycles. The lowest BCUT2D eigenvalue weighted by Gasteiger charge is -2.34. The summed E-state index contributed by atoms with van der Waals surface area (Å²) in [5, 5.41) is 10.6. The fraction of sp³-hybridized carbons (Fsp3) is 0.700. The Hall–Kier alpha value is -0.280. The van der Waals surface area contributed by atoms with E-state index in [1.54, 1.807) is 0 Å². The number of likely N-dealkylation sites (N-methyl/N-ethyl adjacent to an activating group) is 1. The lowest BCUT2D eigenvalue weighted by molar-refractivity contribution is -0.923. The van der Waals surface area contributed by atoms with Crippen LogP contribution in [0.1, 0.15) is 63.9 Å². The van der Waals surface area contributed by atoms with Crippen molar-refractivity contribution in [3.63, 3.8) is 0 Å². The van der Waals surface area contributed by atoms with E-state index in [-0.39, 0.29) is 6.61 Å². The van der Waals surface area contributed by atoms with Crippen LogP contribution < -0.4 is 0 Å². The Morgan fingerprint density at radius 2 is 1.50 bits per heavy atom. The molecule has 1 N–H and O–H groups in total. The maximum Gasteiger partial charge on any atom is 0.104 e. The van der Waals surface area contributed by atoms with Gasteiger partial charge in [0.05, 0.1) is 30.2 Å². The van der Waals surface area contributed by atoms with E-state index in [0.29, 0.717) is 10.0 Å². The van der Waals surface area contributed by atoms with Crippen molar-refractivity contribution >= 4 is 23.2 Å². The molecule has 138 valence electrons. The molecular formula is C20H34Cl2NO+. The highest BCUT2D eigenvalue weighted by molar-refractivity contribution is 6.42. The predicted molar refractivity (Wildman–Crippen MR) is 106 cm³/mol. The van der Waals surface area contributed by atoms with Gasteiger partial charge in [-0.15, -0.1) is 0 Å². The Morgan fingerprint density at radius 3 is 2.08 bits per heavy atom. The van der Waals surface area contributed by atoms with Gasteiger partial charge in [0, 0.05) is 5.56 Å². The molecule has 24 heavy (non-hydrogen) atoms. The Morgan fingerprint density at radius 1 is 0.875 bits per heavy atom. The SMILES string of the molecule is CCCCCCCCCC[N+](C)(CCO)Cc1ccc(Cl)c(Cl)c1. The zero-order chi connectivity index (χ0) is 17.8. The Labute approximate surface area is 158 Å². The molecule has 1 aromatic rings. The minimum atomic E-state index is 0.217. The van der Waals surface area contributed by atoms with Gasteiger partial charge in [0.25, 0.3) is 0 Å². The number of halogens is 2. The van der Waals surface area contributed by atoms with Crippen LogP contribution in [0.2, 0.25) is 10.0 Å². The van der Waals surface area contributed by atoms with Gasteiger partial charge in [0.1, 0.15) is 13.1 Å². The molecule has 4 heteroatoms. The smallest absolute Gasteiger partial charge is 0.104 e. The largest absolute Gasteiger partial charge is 0.391 e. The lowest BCUT2D eigenvalue weighted by Crippen LogP contribution is -2.46. The van der Waals surface area contributed by atoms with Gasteiger partial charge in [-0.1, -0.05) is 74.7 Å². The van der Waals surface area contributed by atoms with Gasteiger partial charge < -0.3 is 9.59 Å². The molecule has 1 atom stereocenters. The predicted octanol–water partition coefficient (Wildman–Crippen LogP) is 6.07. The summed E-state index contributed by atoms with van der Waals surface area (Å²) in [6.45, 7) is 5.23. The van der Waals surface area contributed by atoms with Gasteiger partial charge in [-0.25, -0.2) is 0 Å². The molecule has 0 amide bonds. The van der Waals surface area contributed by atoms with E-state index in [1.807, 2.05) is 18.2 Å². The van der Waals surface area contributed by atoms with E-state index < -0.39 is 0 Å². The molecule has 0 aliphatic heterocycles. The van der Waals surface area contributed by atoms with Crippen LogP contribution in [-0.4, -0.2) is 36.3 Å². The van der Waals surface area contributed by atoms with Crippen LogP contribution in [-0.2, 0) is 6.54 Å². The summed E-state index contributed by atoms with van der Waals surface area (Å²) in [5.41, 5.74) is 1.18. The number of nitrogens with zero attached hydrogens (tertiary/aromatic N) is 1. The molecule has 0 aliphatic carbocycles. The first-order valence-electron chi connectivity index (χ1n) is 9.39. The first-order valence-corrected chi connectivity index (χ1v) is 10.1. The van der Waals surface area contributed by atoms with E-state index in [0.717, 1.165) is 24.1 Å². The van der Waals surface area contributed by atoms with Crippen LogP contribution in [0.5, 0.6) is 0 Å². The standard InChI is InChI=1S/C20H34Cl2NO/c1-3-4-5-6-7-8-9-10-13-23(2,14-15-24)17-18-11-12-19(21)20(22)16-18/h11-12,16,24H,3-10,13-15,17H2,1-2H3/q+1. The van der Waals surface area contributed by atoms with Gasteiger partial charge >= 0.3 is 0 Å². The van der Waals surface area contributed by atoms with Crippen molar-refractivity contribution in [2.75, 3.05) is 26.7 Å². The van der Waals surface area contributed by atoms with Crippen LogP contribution in [0.4, 0.5) is 0 Å². The summed E-state index contributed by atoms with van der Waals surface area (Å²) < 4.78 is 0.851. The van der Waals surface area contributed by atoms with Gasteiger partial charge in [-0.2, -0.15) is 0 Å². The summed E-state index contributed by atoms with van der Waals surface area (Å²) in [5.74, 6) is 0. The first-order chi connectivity index (χ1) is 11.5. The molecule has 0 bridgehead atoms. The fourth-order valence-electron chi connectivity index (χ4n) is 3.22. The number of rotatable bonds is 13. The quantitative estimate of drug-likeness (QED) is 0.328. The van der Waals surface area contributed by atoms with Crippen LogP contribution >= 0.6 is 23.2 Å². The fourth-order valence-corrected chi connectivity index (χ4v) is 3.54. The molecule has 0 aromatic heterocycles. The minimum Gasteiger partial charge on any atom is -0.391 e. The molecule has 0 aliphatic rings. The van der Waals surface area contributed by atoms with E-state index in [9.17, 15) is 5.11 Å². The molecule has 1 aromatic carbocycles. The van der Waals surface area contributed by atoms with Crippen molar-refractivity contribution in [2.45, 2.75) is 64.8 Å². The molecule has 1 rings (SSSR count). The van der Waals surface area contributed by atoms with Crippen LogP contribution in [0.25, 0.3) is 0 Å². The number of hydrogen-bond donors (Lipinski definition) is 1. The van der Waals surface area contributed by atoms with Crippen molar-refractivity contribution in [2.24, 2.45) is 0 Å².